The molecule has 2 aliphatic rings. The molecule has 2 heterocycles. The first kappa shape index (κ1) is 20.1. The number of hydrogen-bond acceptors (Lipinski definition) is 5. The van der Waals surface area contributed by atoms with Gasteiger partial charge in [-0.2, -0.15) is 0 Å². The predicted octanol–water partition coefficient (Wildman–Crippen LogP) is 1.51. The average molecular weight is 389 g/mol. The fourth-order valence-corrected chi connectivity index (χ4v) is 3.40. The number of amides is 3. The SMILES string of the molecule is CCOC(=O)N1CCN(C(=O)c2cccc(C(=O)NCC3CCCO3)c2)CC1. The Balaban J connectivity index is 1.55. The summed E-state index contributed by atoms with van der Waals surface area (Å²) in [4.78, 5) is 40.2. The molecule has 3 rings (SSSR count). The lowest BCUT2D eigenvalue weighted by molar-refractivity contribution is 0.0570. The second-order valence-corrected chi connectivity index (χ2v) is 6.90. The van der Waals surface area contributed by atoms with Gasteiger partial charge in [0, 0.05) is 50.5 Å². The second kappa shape index (κ2) is 9.54. The summed E-state index contributed by atoms with van der Waals surface area (Å²) in [5.41, 5.74) is 0.920. The molecule has 8 nitrogen and oxygen atoms in total. The summed E-state index contributed by atoms with van der Waals surface area (Å²) in [6.07, 6.45) is 1.70. The number of carbonyl (C=O) groups is 3. The van der Waals surface area contributed by atoms with E-state index in [-0.39, 0.29) is 24.0 Å². The molecule has 1 aromatic carbocycles. The minimum atomic E-state index is -0.348. The number of benzene rings is 1. The third-order valence-electron chi connectivity index (χ3n) is 4.98. The van der Waals surface area contributed by atoms with Crippen LogP contribution in [-0.4, -0.2) is 79.7 Å². The summed E-state index contributed by atoms with van der Waals surface area (Å²) in [7, 11) is 0. The van der Waals surface area contributed by atoms with Crippen LogP contribution in [0, 0.1) is 0 Å². The van der Waals surface area contributed by atoms with Gasteiger partial charge in [-0.05, 0) is 38.0 Å². The maximum absolute atomic E-state index is 12.8. The molecule has 2 fully saturated rings. The molecule has 0 saturated carbocycles. The smallest absolute Gasteiger partial charge is 0.409 e. The van der Waals surface area contributed by atoms with Crippen LogP contribution in [0.4, 0.5) is 4.79 Å². The average Bonchev–Trinajstić information content (AvgIpc) is 3.25. The van der Waals surface area contributed by atoms with Crippen molar-refractivity contribution in [1.82, 2.24) is 15.1 Å². The van der Waals surface area contributed by atoms with Crippen molar-refractivity contribution in [2.75, 3.05) is 45.9 Å². The minimum Gasteiger partial charge on any atom is -0.450 e. The van der Waals surface area contributed by atoms with Crippen LogP contribution in [0.3, 0.4) is 0 Å². The molecule has 28 heavy (non-hydrogen) atoms. The molecule has 3 amide bonds. The maximum atomic E-state index is 12.8. The van der Waals surface area contributed by atoms with Crippen molar-refractivity contribution in [3.05, 3.63) is 35.4 Å². The van der Waals surface area contributed by atoms with Gasteiger partial charge in [0.15, 0.2) is 0 Å². The summed E-state index contributed by atoms with van der Waals surface area (Å²) >= 11 is 0. The lowest BCUT2D eigenvalue weighted by atomic mass is 10.1. The number of hydrogen-bond donors (Lipinski definition) is 1. The highest BCUT2D eigenvalue weighted by Gasteiger charge is 2.26. The molecular weight excluding hydrogens is 362 g/mol. The standard InChI is InChI=1S/C20H27N3O5/c1-2-27-20(26)23-10-8-22(9-11-23)19(25)16-6-3-5-15(13-16)18(24)21-14-17-7-4-12-28-17/h3,5-6,13,17H,2,4,7-12,14H2,1H3,(H,21,24). The van der Waals surface area contributed by atoms with Crippen molar-refractivity contribution in [2.45, 2.75) is 25.9 Å². The first-order chi connectivity index (χ1) is 13.6. The van der Waals surface area contributed by atoms with E-state index in [1.165, 1.54) is 0 Å². The van der Waals surface area contributed by atoms with Gasteiger partial charge < -0.3 is 24.6 Å². The van der Waals surface area contributed by atoms with Gasteiger partial charge in [-0.3, -0.25) is 9.59 Å². The molecular formula is C20H27N3O5. The number of piperazine rings is 1. The molecule has 0 aromatic heterocycles. The van der Waals surface area contributed by atoms with Crippen molar-refractivity contribution in [1.29, 1.82) is 0 Å². The van der Waals surface area contributed by atoms with Gasteiger partial charge in [0.25, 0.3) is 11.8 Å². The molecule has 0 aliphatic carbocycles. The van der Waals surface area contributed by atoms with E-state index < -0.39 is 0 Å². The Hall–Kier alpha value is -2.61. The van der Waals surface area contributed by atoms with Crippen molar-refractivity contribution >= 4 is 17.9 Å². The Morgan fingerprint density at radius 3 is 2.54 bits per heavy atom. The summed E-state index contributed by atoms with van der Waals surface area (Å²) in [6, 6.07) is 6.73. The quantitative estimate of drug-likeness (QED) is 0.825. The van der Waals surface area contributed by atoms with E-state index in [1.54, 1.807) is 41.0 Å². The van der Waals surface area contributed by atoms with Crippen LogP contribution >= 0.6 is 0 Å². The third kappa shape index (κ3) is 5.01. The molecule has 8 heteroatoms. The second-order valence-electron chi connectivity index (χ2n) is 6.90. The molecule has 2 saturated heterocycles. The topological polar surface area (TPSA) is 88.2 Å². The largest absolute Gasteiger partial charge is 0.450 e. The fraction of sp³-hybridized carbons (Fsp3) is 0.550. The first-order valence-corrected chi connectivity index (χ1v) is 9.79. The molecule has 152 valence electrons. The Labute approximate surface area is 164 Å². The molecule has 1 atom stereocenters. The number of rotatable bonds is 5. The normalized spacial score (nSPS) is 19.4. The monoisotopic (exact) mass is 389 g/mol. The van der Waals surface area contributed by atoms with E-state index in [0.717, 1.165) is 19.4 Å². The minimum absolute atomic E-state index is 0.0736. The van der Waals surface area contributed by atoms with Crippen LogP contribution in [0.25, 0.3) is 0 Å². The number of nitrogens with zero attached hydrogens (tertiary/aromatic N) is 2. The van der Waals surface area contributed by atoms with Gasteiger partial charge in [-0.15, -0.1) is 0 Å². The highest BCUT2D eigenvalue weighted by molar-refractivity contribution is 5.99. The molecule has 0 bridgehead atoms. The van der Waals surface area contributed by atoms with Gasteiger partial charge >= 0.3 is 6.09 Å². The molecule has 2 aliphatic heterocycles. The highest BCUT2D eigenvalue weighted by Crippen LogP contribution is 2.13. The lowest BCUT2D eigenvalue weighted by Crippen LogP contribution is -2.50. The Morgan fingerprint density at radius 1 is 1.14 bits per heavy atom. The van der Waals surface area contributed by atoms with E-state index >= 15 is 0 Å². The van der Waals surface area contributed by atoms with Gasteiger partial charge in [0.05, 0.1) is 12.7 Å². The van der Waals surface area contributed by atoms with Crippen molar-refractivity contribution in [2.24, 2.45) is 0 Å². The molecule has 0 radical (unpaired) electrons. The molecule has 1 aromatic rings. The molecule has 0 spiro atoms. The number of ether oxygens (including phenoxy) is 2. The van der Waals surface area contributed by atoms with Gasteiger partial charge in [-0.1, -0.05) is 6.07 Å². The van der Waals surface area contributed by atoms with Gasteiger partial charge in [0.2, 0.25) is 0 Å². The fourth-order valence-electron chi connectivity index (χ4n) is 3.40. The van der Waals surface area contributed by atoms with Crippen molar-refractivity contribution in [3.8, 4) is 0 Å². The summed E-state index contributed by atoms with van der Waals surface area (Å²) < 4.78 is 10.5. The van der Waals surface area contributed by atoms with Crippen molar-refractivity contribution < 1.29 is 23.9 Å². The summed E-state index contributed by atoms with van der Waals surface area (Å²) in [5.74, 6) is -0.352. The first-order valence-electron chi connectivity index (χ1n) is 9.79. The van der Waals surface area contributed by atoms with Crippen LogP contribution in [-0.2, 0) is 9.47 Å². The van der Waals surface area contributed by atoms with Crippen molar-refractivity contribution in [3.63, 3.8) is 0 Å². The van der Waals surface area contributed by atoms with Gasteiger partial charge in [0.1, 0.15) is 0 Å². The Bertz CT molecular complexity index is 710. The Morgan fingerprint density at radius 2 is 1.86 bits per heavy atom. The van der Waals surface area contributed by atoms with E-state index in [1.807, 2.05) is 0 Å². The van der Waals surface area contributed by atoms with E-state index in [4.69, 9.17) is 9.47 Å². The zero-order valence-corrected chi connectivity index (χ0v) is 16.2. The Kier molecular flexibility index (Phi) is 6.86. The van der Waals surface area contributed by atoms with Crippen LogP contribution in [0.15, 0.2) is 24.3 Å². The van der Waals surface area contributed by atoms with Gasteiger partial charge in [-0.25, -0.2) is 4.79 Å². The number of carbonyl (C=O) groups excluding carboxylic acids is 3. The van der Waals surface area contributed by atoms with Crippen LogP contribution < -0.4 is 5.32 Å². The lowest BCUT2D eigenvalue weighted by Gasteiger charge is -2.34. The summed E-state index contributed by atoms with van der Waals surface area (Å²) in [5, 5.41) is 2.87. The van der Waals surface area contributed by atoms with Crippen LogP contribution in [0.2, 0.25) is 0 Å². The predicted molar refractivity (Wildman–Crippen MR) is 102 cm³/mol. The van der Waals surface area contributed by atoms with E-state index in [9.17, 15) is 14.4 Å². The number of nitrogens with one attached hydrogen (secondary N) is 1. The maximum Gasteiger partial charge on any atom is 0.409 e. The zero-order chi connectivity index (χ0) is 19.9. The molecule has 1 unspecified atom stereocenters. The van der Waals surface area contributed by atoms with Crippen LogP contribution in [0.5, 0.6) is 0 Å². The van der Waals surface area contributed by atoms with Crippen LogP contribution in [0.1, 0.15) is 40.5 Å². The zero-order valence-electron chi connectivity index (χ0n) is 16.2. The third-order valence-corrected chi connectivity index (χ3v) is 4.98. The van der Waals surface area contributed by atoms with E-state index in [2.05, 4.69) is 5.32 Å². The summed E-state index contributed by atoms with van der Waals surface area (Å²) in [6.45, 7) is 5.07. The molecule has 1 N–H and O–H groups in total. The highest BCUT2D eigenvalue weighted by atomic mass is 16.6. The van der Waals surface area contributed by atoms with E-state index in [0.29, 0.717) is 50.5 Å².